The largest absolute Gasteiger partial charge is 0.474 e. The van der Waals surface area contributed by atoms with Crippen LogP contribution in [0.3, 0.4) is 0 Å². The van der Waals surface area contributed by atoms with Crippen molar-refractivity contribution in [3.63, 3.8) is 0 Å². The number of fused-ring (bicyclic) bond motifs is 1. The van der Waals surface area contributed by atoms with Crippen LogP contribution in [-0.4, -0.2) is 62.8 Å². The Morgan fingerprint density at radius 2 is 1.84 bits per heavy atom. The molecule has 1 amide bonds. The highest BCUT2D eigenvalue weighted by Crippen LogP contribution is 2.30. The molecule has 3 heterocycles. The Balaban J connectivity index is 1.30. The first-order valence-electron chi connectivity index (χ1n) is 11.0. The van der Waals surface area contributed by atoms with Crippen molar-refractivity contribution in [3.8, 4) is 5.88 Å². The van der Waals surface area contributed by atoms with Gasteiger partial charge in [-0.3, -0.25) is 9.48 Å². The molecule has 0 bridgehead atoms. The molecule has 2 aliphatic rings. The minimum absolute atomic E-state index is 0.00233. The van der Waals surface area contributed by atoms with Crippen LogP contribution in [0.4, 0.5) is 5.69 Å². The molecule has 8 heteroatoms. The number of carbonyl (C=O) groups is 1. The maximum absolute atomic E-state index is 12.8. The van der Waals surface area contributed by atoms with Crippen LogP contribution in [-0.2, 0) is 7.05 Å². The van der Waals surface area contributed by atoms with Crippen molar-refractivity contribution >= 4 is 22.5 Å². The fraction of sp³-hybridized carbons (Fsp3) is 0.478. The van der Waals surface area contributed by atoms with Gasteiger partial charge in [0, 0.05) is 44.6 Å². The van der Waals surface area contributed by atoms with E-state index in [0.717, 1.165) is 48.2 Å². The molecule has 0 N–H and O–H groups in total. The predicted octanol–water partition coefficient (Wildman–Crippen LogP) is 2.96. The molecule has 2 aromatic heterocycles. The predicted molar refractivity (Wildman–Crippen MR) is 118 cm³/mol. The summed E-state index contributed by atoms with van der Waals surface area (Å²) in [7, 11) is 1.86. The second kappa shape index (κ2) is 8.17. The molecule has 1 aliphatic heterocycles. The van der Waals surface area contributed by atoms with Gasteiger partial charge in [0.25, 0.3) is 5.91 Å². The number of carbonyl (C=O) groups excluding carboxylic acids is 1. The standard InChI is InChI=1S/C23H28N6O2/c1-16-13-21(26-27(16)2)23(30)29-11-9-28(10-12-29)17-7-8-20-19(14-17)22(25-15-24-20)31-18-5-3-4-6-18/h7-8,13-15,18H,3-6,9-12H2,1-2H3. The van der Waals surface area contributed by atoms with Gasteiger partial charge in [0.1, 0.15) is 12.4 Å². The van der Waals surface area contributed by atoms with Gasteiger partial charge in [0.15, 0.2) is 5.69 Å². The topological polar surface area (TPSA) is 76.4 Å². The molecule has 162 valence electrons. The molecule has 0 spiro atoms. The van der Waals surface area contributed by atoms with Crippen LogP contribution in [0.1, 0.15) is 41.9 Å². The Kier molecular flexibility index (Phi) is 5.21. The van der Waals surface area contributed by atoms with Gasteiger partial charge < -0.3 is 14.5 Å². The van der Waals surface area contributed by atoms with Crippen LogP contribution in [0.25, 0.3) is 10.9 Å². The Hall–Kier alpha value is -3.16. The zero-order valence-electron chi connectivity index (χ0n) is 18.1. The van der Waals surface area contributed by atoms with E-state index in [9.17, 15) is 4.79 Å². The van der Waals surface area contributed by atoms with Gasteiger partial charge in [0.05, 0.1) is 10.9 Å². The van der Waals surface area contributed by atoms with Gasteiger partial charge in [0.2, 0.25) is 5.88 Å². The number of aromatic nitrogens is 4. The maximum atomic E-state index is 12.8. The lowest BCUT2D eigenvalue weighted by Gasteiger charge is -2.36. The highest BCUT2D eigenvalue weighted by Gasteiger charge is 2.25. The van der Waals surface area contributed by atoms with Crippen molar-refractivity contribution in [1.82, 2.24) is 24.6 Å². The summed E-state index contributed by atoms with van der Waals surface area (Å²) in [6.45, 7) is 4.84. The van der Waals surface area contributed by atoms with Crippen LogP contribution in [0.5, 0.6) is 5.88 Å². The third-order valence-electron chi connectivity index (χ3n) is 6.43. The third kappa shape index (κ3) is 3.94. The molecular weight excluding hydrogens is 392 g/mol. The molecule has 1 aromatic carbocycles. The molecule has 1 saturated heterocycles. The summed E-state index contributed by atoms with van der Waals surface area (Å²) in [6.07, 6.45) is 6.47. The number of aryl methyl sites for hydroxylation is 2. The van der Waals surface area contributed by atoms with E-state index >= 15 is 0 Å². The van der Waals surface area contributed by atoms with Crippen molar-refractivity contribution in [2.45, 2.75) is 38.7 Å². The Morgan fingerprint density at radius 1 is 1.06 bits per heavy atom. The third-order valence-corrected chi connectivity index (χ3v) is 6.43. The van der Waals surface area contributed by atoms with E-state index in [-0.39, 0.29) is 12.0 Å². The summed E-state index contributed by atoms with van der Waals surface area (Å²) < 4.78 is 7.95. The summed E-state index contributed by atoms with van der Waals surface area (Å²) in [6, 6.07) is 8.10. The van der Waals surface area contributed by atoms with Crippen LogP contribution in [0.15, 0.2) is 30.6 Å². The number of hydrogen-bond donors (Lipinski definition) is 0. The van der Waals surface area contributed by atoms with E-state index in [0.29, 0.717) is 24.7 Å². The number of nitrogens with zero attached hydrogens (tertiary/aromatic N) is 6. The van der Waals surface area contributed by atoms with Gasteiger partial charge in [-0.25, -0.2) is 9.97 Å². The number of piperazine rings is 1. The molecule has 0 unspecified atom stereocenters. The van der Waals surface area contributed by atoms with Crippen LogP contribution >= 0.6 is 0 Å². The average molecular weight is 421 g/mol. The fourth-order valence-corrected chi connectivity index (χ4v) is 4.47. The first kappa shape index (κ1) is 19.8. The van der Waals surface area contributed by atoms with Gasteiger partial charge in [-0.1, -0.05) is 0 Å². The fourth-order valence-electron chi connectivity index (χ4n) is 4.47. The maximum Gasteiger partial charge on any atom is 0.274 e. The lowest BCUT2D eigenvalue weighted by Crippen LogP contribution is -2.48. The van der Waals surface area contributed by atoms with Gasteiger partial charge >= 0.3 is 0 Å². The second-order valence-electron chi connectivity index (χ2n) is 8.48. The summed E-state index contributed by atoms with van der Waals surface area (Å²) in [5, 5.41) is 5.29. The summed E-state index contributed by atoms with van der Waals surface area (Å²) >= 11 is 0. The number of benzene rings is 1. The van der Waals surface area contributed by atoms with Crippen LogP contribution < -0.4 is 9.64 Å². The smallest absolute Gasteiger partial charge is 0.274 e. The molecule has 0 radical (unpaired) electrons. The van der Waals surface area contributed by atoms with E-state index in [4.69, 9.17) is 4.74 Å². The molecular formula is C23H28N6O2. The normalized spacial score (nSPS) is 17.5. The monoisotopic (exact) mass is 420 g/mol. The zero-order chi connectivity index (χ0) is 21.4. The molecule has 1 saturated carbocycles. The van der Waals surface area contributed by atoms with Crippen molar-refractivity contribution in [1.29, 1.82) is 0 Å². The summed E-state index contributed by atoms with van der Waals surface area (Å²) in [5.74, 6) is 0.681. The van der Waals surface area contributed by atoms with E-state index in [2.05, 4.69) is 32.1 Å². The SMILES string of the molecule is Cc1cc(C(=O)N2CCN(c3ccc4ncnc(OC5CCCC5)c4c3)CC2)nn1C. The van der Waals surface area contributed by atoms with Crippen molar-refractivity contribution in [2.24, 2.45) is 7.05 Å². The molecule has 8 nitrogen and oxygen atoms in total. The zero-order valence-corrected chi connectivity index (χ0v) is 18.1. The van der Waals surface area contributed by atoms with Crippen molar-refractivity contribution in [2.75, 3.05) is 31.1 Å². The quantitative estimate of drug-likeness (QED) is 0.646. The number of anilines is 1. The number of rotatable bonds is 4. The van der Waals surface area contributed by atoms with E-state index in [1.54, 1.807) is 11.0 Å². The summed E-state index contributed by atoms with van der Waals surface area (Å²) in [4.78, 5) is 25.8. The second-order valence-corrected chi connectivity index (χ2v) is 8.48. The van der Waals surface area contributed by atoms with Crippen LogP contribution in [0, 0.1) is 6.92 Å². The molecule has 2 fully saturated rings. The van der Waals surface area contributed by atoms with Crippen molar-refractivity contribution in [3.05, 3.63) is 42.0 Å². The lowest BCUT2D eigenvalue weighted by atomic mass is 10.1. The van der Waals surface area contributed by atoms with E-state index in [1.807, 2.05) is 31.0 Å². The molecule has 0 atom stereocenters. The molecule has 31 heavy (non-hydrogen) atoms. The first-order valence-corrected chi connectivity index (χ1v) is 11.0. The molecule has 5 rings (SSSR count). The lowest BCUT2D eigenvalue weighted by molar-refractivity contribution is 0.0740. The number of hydrogen-bond acceptors (Lipinski definition) is 6. The van der Waals surface area contributed by atoms with Crippen molar-refractivity contribution < 1.29 is 9.53 Å². The van der Waals surface area contributed by atoms with Gasteiger partial charge in [-0.05, 0) is 56.9 Å². The highest BCUT2D eigenvalue weighted by molar-refractivity contribution is 5.92. The Morgan fingerprint density at radius 3 is 2.55 bits per heavy atom. The Bertz CT molecular complexity index is 1080. The molecule has 3 aromatic rings. The van der Waals surface area contributed by atoms with Crippen LogP contribution in [0.2, 0.25) is 0 Å². The minimum Gasteiger partial charge on any atom is -0.474 e. The van der Waals surface area contributed by atoms with Gasteiger partial charge in [-0.2, -0.15) is 5.10 Å². The van der Waals surface area contributed by atoms with Gasteiger partial charge in [-0.15, -0.1) is 0 Å². The highest BCUT2D eigenvalue weighted by atomic mass is 16.5. The first-order chi connectivity index (χ1) is 15.1. The Labute approximate surface area is 181 Å². The minimum atomic E-state index is 0.00233. The van der Waals surface area contributed by atoms with E-state index in [1.165, 1.54) is 12.8 Å². The number of ether oxygens (including phenoxy) is 1. The average Bonchev–Trinajstić information content (AvgIpc) is 3.43. The van der Waals surface area contributed by atoms with E-state index < -0.39 is 0 Å². The summed E-state index contributed by atoms with van der Waals surface area (Å²) in [5.41, 5.74) is 3.51. The number of amides is 1. The molecule has 1 aliphatic carbocycles.